The number of hydrogen-bond acceptors (Lipinski definition) is 9. The first-order valence-electron chi connectivity index (χ1n) is 14.4. The summed E-state index contributed by atoms with van der Waals surface area (Å²) in [6.45, 7) is 9.41. The first-order chi connectivity index (χ1) is 20.9. The first-order valence-corrected chi connectivity index (χ1v) is 15.5. The van der Waals surface area contributed by atoms with Gasteiger partial charge in [0.1, 0.15) is 11.8 Å². The fourth-order valence-electron chi connectivity index (χ4n) is 4.49. The zero-order chi connectivity index (χ0) is 32.4. The summed E-state index contributed by atoms with van der Waals surface area (Å²) in [6, 6.07) is 11.0. The van der Waals surface area contributed by atoms with E-state index in [0.29, 0.717) is 40.3 Å². The fourth-order valence-corrected chi connectivity index (χ4v) is 5.41. The van der Waals surface area contributed by atoms with Crippen LogP contribution < -0.4 is 15.4 Å². The molecule has 236 valence electrons. The highest BCUT2D eigenvalue weighted by Crippen LogP contribution is 2.26. The van der Waals surface area contributed by atoms with E-state index in [0.717, 1.165) is 5.56 Å². The standard InChI is InChI=1S/C32H40N4O7S/c1-18(2)22-9-7-8-21(12-22)16-44-17-26(37)25(15-29(39)40)34-31(41)30(19(3)4)35-28(38)14-24-13-23(10-11-27(24)42-6)32-33-20(5)36-43-32/h7-13,18-19,25,30H,14-17H2,1-6H3,(H,34,41)(H,35,38)(H,39,40)/t25-,30-/m0/s1. The molecule has 0 aliphatic rings. The van der Waals surface area contributed by atoms with Crippen molar-refractivity contribution in [3.05, 3.63) is 65.0 Å². The molecule has 0 aliphatic carbocycles. The Balaban J connectivity index is 1.65. The number of nitrogens with one attached hydrogen (secondary N) is 2. The Hall–Kier alpha value is -4.19. The third-order valence-corrected chi connectivity index (χ3v) is 7.91. The molecule has 2 amide bonds. The zero-order valence-electron chi connectivity index (χ0n) is 25.9. The summed E-state index contributed by atoms with van der Waals surface area (Å²) >= 11 is 1.36. The first kappa shape index (κ1) is 34.3. The van der Waals surface area contributed by atoms with E-state index in [4.69, 9.17) is 9.26 Å². The van der Waals surface area contributed by atoms with Gasteiger partial charge < -0.3 is 25.0 Å². The summed E-state index contributed by atoms with van der Waals surface area (Å²) in [7, 11) is 1.48. The van der Waals surface area contributed by atoms with E-state index in [-0.39, 0.29) is 18.1 Å². The summed E-state index contributed by atoms with van der Waals surface area (Å²) in [6.07, 6.45) is -0.682. The van der Waals surface area contributed by atoms with Crippen LogP contribution in [0.5, 0.6) is 5.75 Å². The Bertz CT molecular complexity index is 1470. The Kier molecular flexibility index (Phi) is 12.5. The molecule has 2 atom stereocenters. The van der Waals surface area contributed by atoms with Gasteiger partial charge in [-0.3, -0.25) is 19.2 Å². The molecule has 0 saturated heterocycles. The topological polar surface area (TPSA) is 161 Å². The number of carbonyl (C=O) groups excluding carboxylic acids is 3. The van der Waals surface area contributed by atoms with Crippen LogP contribution in [0.1, 0.15) is 62.5 Å². The third kappa shape index (κ3) is 9.94. The van der Waals surface area contributed by atoms with Gasteiger partial charge in [0.05, 0.1) is 31.7 Å². The lowest BCUT2D eigenvalue weighted by Crippen LogP contribution is -2.54. The van der Waals surface area contributed by atoms with Gasteiger partial charge in [0, 0.05) is 16.9 Å². The lowest BCUT2D eigenvalue weighted by Gasteiger charge is -2.25. The molecule has 3 rings (SSSR count). The lowest BCUT2D eigenvalue weighted by atomic mass is 10.0. The largest absolute Gasteiger partial charge is 0.496 e. The van der Waals surface area contributed by atoms with Crippen molar-refractivity contribution in [1.29, 1.82) is 0 Å². The number of ketones is 1. The number of carboxylic acid groups (broad SMARTS) is 1. The van der Waals surface area contributed by atoms with Gasteiger partial charge in [0.25, 0.3) is 5.89 Å². The molecule has 1 aromatic heterocycles. The summed E-state index contributed by atoms with van der Waals surface area (Å²) in [4.78, 5) is 55.2. The maximum Gasteiger partial charge on any atom is 0.305 e. The van der Waals surface area contributed by atoms with Crippen LogP contribution in [0.25, 0.3) is 11.5 Å². The number of aliphatic carboxylic acids is 1. The molecule has 0 saturated carbocycles. The number of amides is 2. The molecule has 0 bridgehead atoms. The summed E-state index contributed by atoms with van der Waals surface area (Å²) in [5, 5.41) is 18.5. The number of thioether (sulfide) groups is 1. The van der Waals surface area contributed by atoms with Crippen molar-refractivity contribution in [1.82, 2.24) is 20.8 Å². The molecule has 0 aliphatic heterocycles. The van der Waals surface area contributed by atoms with Gasteiger partial charge in [-0.2, -0.15) is 4.98 Å². The van der Waals surface area contributed by atoms with Crippen LogP contribution in [0.2, 0.25) is 0 Å². The number of hydrogen-bond donors (Lipinski definition) is 3. The van der Waals surface area contributed by atoms with Crippen molar-refractivity contribution < 1.29 is 33.5 Å². The van der Waals surface area contributed by atoms with Crippen molar-refractivity contribution in [2.45, 2.75) is 71.2 Å². The molecular weight excluding hydrogens is 584 g/mol. The van der Waals surface area contributed by atoms with Gasteiger partial charge >= 0.3 is 5.97 Å². The number of carbonyl (C=O) groups is 4. The number of rotatable bonds is 16. The van der Waals surface area contributed by atoms with Gasteiger partial charge in [-0.05, 0) is 48.1 Å². The average molecular weight is 625 g/mol. The van der Waals surface area contributed by atoms with Crippen molar-refractivity contribution in [3.8, 4) is 17.2 Å². The molecule has 1 heterocycles. The molecule has 0 spiro atoms. The normalized spacial score (nSPS) is 12.5. The summed E-state index contributed by atoms with van der Waals surface area (Å²) in [5.41, 5.74) is 3.40. The van der Waals surface area contributed by atoms with Gasteiger partial charge in [0.15, 0.2) is 11.6 Å². The summed E-state index contributed by atoms with van der Waals surface area (Å²) in [5.74, 6) is -0.870. The van der Waals surface area contributed by atoms with Crippen LogP contribution in [0.15, 0.2) is 47.0 Å². The molecule has 3 N–H and O–H groups in total. The quantitative estimate of drug-likeness (QED) is 0.209. The second-order valence-electron chi connectivity index (χ2n) is 11.2. The minimum absolute atomic E-state index is 0.0263. The molecule has 12 heteroatoms. The van der Waals surface area contributed by atoms with Gasteiger partial charge in [-0.25, -0.2) is 0 Å². The molecule has 2 aromatic carbocycles. The number of methoxy groups -OCH3 is 1. The monoisotopic (exact) mass is 624 g/mol. The van der Waals surface area contributed by atoms with Crippen molar-refractivity contribution in [2.24, 2.45) is 5.92 Å². The van der Waals surface area contributed by atoms with E-state index in [2.05, 4.69) is 46.8 Å². The maximum absolute atomic E-state index is 13.3. The Morgan fingerprint density at radius 1 is 1.05 bits per heavy atom. The maximum atomic E-state index is 13.3. The van der Waals surface area contributed by atoms with E-state index >= 15 is 0 Å². The number of aromatic nitrogens is 2. The van der Waals surface area contributed by atoms with Gasteiger partial charge in [-0.1, -0.05) is 57.1 Å². The average Bonchev–Trinajstić information content (AvgIpc) is 3.41. The highest BCUT2D eigenvalue weighted by molar-refractivity contribution is 7.99. The summed E-state index contributed by atoms with van der Waals surface area (Å²) < 4.78 is 10.6. The van der Waals surface area contributed by atoms with Crippen LogP contribution in [0.4, 0.5) is 0 Å². The highest BCUT2D eigenvalue weighted by Gasteiger charge is 2.30. The second-order valence-corrected chi connectivity index (χ2v) is 12.1. The predicted octanol–water partition coefficient (Wildman–Crippen LogP) is 4.32. The van der Waals surface area contributed by atoms with E-state index < -0.39 is 42.1 Å². The number of benzene rings is 2. The zero-order valence-corrected chi connectivity index (χ0v) is 26.7. The van der Waals surface area contributed by atoms with Crippen molar-refractivity contribution >= 4 is 35.3 Å². The Morgan fingerprint density at radius 2 is 1.80 bits per heavy atom. The van der Waals surface area contributed by atoms with Gasteiger partial charge in [0.2, 0.25) is 11.8 Å². The number of ether oxygens (including phenoxy) is 1. The van der Waals surface area contributed by atoms with Crippen LogP contribution >= 0.6 is 11.8 Å². The molecule has 3 aromatic rings. The molecule has 44 heavy (non-hydrogen) atoms. The van der Waals surface area contributed by atoms with Crippen LogP contribution in [-0.4, -0.2) is 63.8 Å². The number of Topliss-reactive ketones (excluding diaryl/α,β-unsaturated/α-hetero) is 1. The second kappa shape index (κ2) is 16.0. The van der Waals surface area contributed by atoms with Crippen molar-refractivity contribution in [3.63, 3.8) is 0 Å². The SMILES string of the molecule is COc1ccc(-c2nc(C)no2)cc1CC(=O)N[C@H](C(=O)N[C@@H](CC(=O)O)C(=O)CSCc1cccc(C(C)C)c1)C(C)C. The molecule has 0 fully saturated rings. The smallest absolute Gasteiger partial charge is 0.305 e. The number of aryl methyl sites for hydroxylation is 1. The highest BCUT2D eigenvalue weighted by atomic mass is 32.2. The molecular formula is C32H40N4O7S. The minimum Gasteiger partial charge on any atom is -0.496 e. The fraction of sp³-hybridized carbons (Fsp3) is 0.438. The van der Waals surface area contributed by atoms with E-state index in [9.17, 15) is 24.3 Å². The number of nitrogens with zero attached hydrogens (tertiary/aromatic N) is 2. The molecule has 11 nitrogen and oxygen atoms in total. The number of carboxylic acids is 1. The van der Waals surface area contributed by atoms with E-state index in [1.807, 2.05) is 12.1 Å². The Morgan fingerprint density at radius 3 is 2.41 bits per heavy atom. The molecule has 0 radical (unpaired) electrons. The van der Waals surface area contributed by atoms with Crippen LogP contribution in [-0.2, 0) is 31.4 Å². The predicted molar refractivity (Wildman–Crippen MR) is 167 cm³/mol. The van der Waals surface area contributed by atoms with E-state index in [1.165, 1.54) is 24.4 Å². The van der Waals surface area contributed by atoms with Crippen LogP contribution in [0.3, 0.4) is 0 Å². The molecule has 0 unspecified atom stereocenters. The third-order valence-electron chi connectivity index (χ3n) is 6.89. The van der Waals surface area contributed by atoms with Gasteiger partial charge in [-0.15, -0.1) is 11.8 Å². The lowest BCUT2D eigenvalue weighted by molar-refractivity contribution is -0.140. The Labute approximate surface area is 261 Å². The van der Waals surface area contributed by atoms with E-state index in [1.54, 1.807) is 39.0 Å². The van der Waals surface area contributed by atoms with Crippen LogP contribution in [0, 0.1) is 12.8 Å². The van der Waals surface area contributed by atoms with Crippen molar-refractivity contribution in [2.75, 3.05) is 12.9 Å². The minimum atomic E-state index is -1.23.